The number of benzene rings is 1. The Labute approximate surface area is 115 Å². The minimum Gasteiger partial charge on any atom is -0.383 e. The average Bonchev–Trinajstić information content (AvgIpc) is 2.78. The van der Waals surface area contributed by atoms with Crippen molar-refractivity contribution in [2.45, 2.75) is 26.9 Å². The van der Waals surface area contributed by atoms with Crippen molar-refractivity contribution in [1.82, 2.24) is 9.88 Å². The van der Waals surface area contributed by atoms with E-state index in [9.17, 15) is 0 Å². The number of hydrogen-bond donors (Lipinski definition) is 1. The first kappa shape index (κ1) is 14.1. The Morgan fingerprint density at radius 1 is 1.26 bits per heavy atom. The van der Waals surface area contributed by atoms with Gasteiger partial charge in [-0.2, -0.15) is 0 Å². The fourth-order valence-corrected chi connectivity index (χ4v) is 2.39. The summed E-state index contributed by atoms with van der Waals surface area (Å²) in [5.41, 5.74) is 2.69. The Morgan fingerprint density at radius 3 is 2.84 bits per heavy atom. The van der Waals surface area contributed by atoms with Crippen molar-refractivity contribution >= 4 is 10.9 Å². The summed E-state index contributed by atoms with van der Waals surface area (Å²) in [6, 6.07) is 8.77. The van der Waals surface area contributed by atoms with Gasteiger partial charge in [0.15, 0.2) is 0 Å². The van der Waals surface area contributed by atoms with Crippen LogP contribution in [-0.4, -0.2) is 24.8 Å². The predicted octanol–water partition coefficient (Wildman–Crippen LogP) is 3.03. The van der Waals surface area contributed by atoms with Crippen molar-refractivity contribution in [2.24, 2.45) is 5.92 Å². The number of fused-ring (bicyclic) bond motifs is 1. The molecule has 1 heterocycles. The second-order valence-electron chi connectivity index (χ2n) is 5.38. The topological polar surface area (TPSA) is 26.2 Å². The molecule has 2 aromatic rings. The molecule has 3 heteroatoms. The van der Waals surface area contributed by atoms with Crippen LogP contribution in [0.5, 0.6) is 0 Å². The monoisotopic (exact) mass is 260 g/mol. The van der Waals surface area contributed by atoms with E-state index in [1.807, 2.05) is 0 Å². The van der Waals surface area contributed by atoms with E-state index in [-0.39, 0.29) is 0 Å². The van der Waals surface area contributed by atoms with Crippen molar-refractivity contribution in [3.8, 4) is 0 Å². The summed E-state index contributed by atoms with van der Waals surface area (Å²) in [4.78, 5) is 0. The third-order valence-electron chi connectivity index (χ3n) is 3.26. The van der Waals surface area contributed by atoms with Gasteiger partial charge in [0.25, 0.3) is 0 Å². The Morgan fingerprint density at radius 2 is 2.11 bits per heavy atom. The molecule has 0 amide bonds. The fourth-order valence-electron chi connectivity index (χ4n) is 2.39. The van der Waals surface area contributed by atoms with Crippen LogP contribution in [0.15, 0.2) is 30.5 Å². The summed E-state index contributed by atoms with van der Waals surface area (Å²) in [6.07, 6.45) is 2.20. The zero-order chi connectivity index (χ0) is 13.7. The molecule has 0 aliphatic rings. The van der Waals surface area contributed by atoms with Crippen LogP contribution in [0.4, 0.5) is 0 Å². The molecule has 0 unspecified atom stereocenters. The lowest BCUT2D eigenvalue weighted by Gasteiger charge is -2.10. The maximum atomic E-state index is 5.05. The normalized spacial score (nSPS) is 11.6. The molecule has 3 nitrogen and oxygen atoms in total. The van der Waals surface area contributed by atoms with Gasteiger partial charge in [0.05, 0.1) is 6.61 Å². The maximum absolute atomic E-state index is 5.05. The van der Waals surface area contributed by atoms with Gasteiger partial charge < -0.3 is 14.6 Å². The number of nitrogens with one attached hydrogen (secondary N) is 1. The predicted molar refractivity (Wildman–Crippen MR) is 80.4 cm³/mol. The Kier molecular flexibility index (Phi) is 5.00. The summed E-state index contributed by atoms with van der Waals surface area (Å²) >= 11 is 0. The van der Waals surface area contributed by atoms with E-state index in [2.05, 4.69) is 54.2 Å². The van der Waals surface area contributed by atoms with Crippen molar-refractivity contribution in [3.63, 3.8) is 0 Å². The molecule has 104 valence electrons. The first-order chi connectivity index (χ1) is 9.22. The maximum Gasteiger partial charge on any atom is 0.0587 e. The summed E-state index contributed by atoms with van der Waals surface area (Å²) < 4.78 is 7.39. The molecular weight excluding hydrogens is 236 g/mol. The molecule has 0 bridgehead atoms. The number of aromatic nitrogens is 1. The van der Waals surface area contributed by atoms with Crippen LogP contribution in [0.1, 0.15) is 19.4 Å². The largest absolute Gasteiger partial charge is 0.383 e. The lowest BCUT2D eigenvalue weighted by molar-refractivity contribution is 0.199. The van der Waals surface area contributed by atoms with Crippen LogP contribution < -0.4 is 5.32 Å². The van der Waals surface area contributed by atoms with E-state index in [0.717, 1.165) is 26.2 Å². The number of ether oxygens (including phenoxy) is 1. The van der Waals surface area contributed by atoms with Gasteiger partial charge >= 0.3 is 0 Å². The van der Waals surface area contributed by atoms with Crippen LogP contribution in [0.3, 0.4) is 0 Å². The average molecular weight is 260 g/mol. The van der Waals surface area contributed by atoms with E-state index in [4.69, 9.17) is 4.74 Å². The molecule has 0 aliphatic heterocycles. The molecule has 0 fully saturated rings. The zero-order valence-corrected chi connectivity index (χ0v) is 12.1. The van der Waals surface area contributed by atoms with Gasteiger partial charge in [-0.05, 0) is 23.6 Å². The zero-order valence-electron chi connectivity index (χ0n) is 12.1. The van der Waals surface area contributed by atoms with Crippen molar-refractivity contribution in [2.75, 3.05) is 20.3 Å². The Balaban J connectivity index is 2.14. The summed E-state index contributed by atoms with van der Waals surface area (Å²) in [5, 5.41) is 4.77. The second kappa shape index (κ2) is 6.73. The van der Waals surface area contributed by atoms with Gasteiger partial charge in [-0.3, -0.25) is 0 Å². The fraction of sp³-hybridized carbons (Fsp3) is 0.500. The van der Waals surface area contributed by atoms with Crippen LogP contribution in [0.2, 0.25) is 0 Å². The first-order valence-electron chi connectivity index (χ1n) is 6.98. The quantitative estimate of drug-likeness (QED) is 0.774. The molecular formula is C16H24N2O. The number of hydrogen-bond acceptors (Lipinski definition) is 2. The Hall–Kier alpha value is -1.32. The highest BCUT2D eigenvalue weighted by atomic mass is 16.5. The second-order valence-corrected chi connectivity index (χ2v) is 5.38. The number of rotatable bonds is 7. The first-order valence-corrected chi connectivity index (χ1v) is 6.98. The van der Waals surface area contributed by atoms with E-state index < -0.39 is 0 Å². The van der Waals surface area contributed by atoms with Crippen molar-refractivity contribution in [3.05, 3.63) is 36.0 Å². The molecule has 19 heavy (non-hydrogen) atoms. The molecule has 0 saturated carbocycles. The number of nitrogens with zero attached hydrogens (tertiary/aromatic N) is 1. The highest BCUT2D eigenvalue weighted by molar-refractivity contribution is 5.83. The van der Waals surface area contributed by atoms with Gasteiger partial charge in [-0.15, -0.1) is 0 Å². The summed E-state index contributed by atoms with van der Waals surface area (Å²) in [6.45, 7) is 8.12. The third-order valence-corrected chi connectivity index (χ3v) is 3.26. The Bertz CT molecular complexity index is 516. The molecule has 2 rings (SSSR count). The SMILES string of the molecule is COCCNCc1cccc2c1ccn2CC(C)C. The van der Waals surface area contributed by atoms with Crippen LogP contribution in [-0.2, 0) is 17.8 Å². The summed E-state index contributed by atoms with van der Waals surface area (Å²) in [5.74, 6) is 0.666. The summed E-state index contributed by atoms with van der Waals surface area (Å²) in [7, 11) is 1.73. The van der Waals surface area contributed by atoms with E-state index in [1.54, 1.807) is 7.11 Å². The highest BCUT2D eigenvalue weighted by Gasteiger charge is 2.06. The molecule has 0 saturated heterocycles. The van der Waals surface area contributed by atoms with E-state index in [1.165, 1.54) is 16.5 Å². The minimum atomic E-state index is 0.666. The van der Waals surface area contributed by atoms with Gasteiger partial charge in [0.1, 0.15) is 0 Å². The van der Waals surface area contributed by atoms with Crippen LogP contribution in [0, 0.1) is 5.92 Å². The van der Waals surface area contributed by atoms with E-state index in [0.29, 0.717) is 5.92 Å². The smallest absolute Gasteiger partial charge is 0.0587 e. The highest BCUT2D eigenvalue weighted by Crippen LogP contribution is 2.21. The van der Waals surface area contributed by atoms with Gasteiger partial charge in [-0.1, -0.05) is 26.0 Å². The molecule has 1 N–H and O–H groups in total. The van der Waals surface area contributed by atoms with Crippen LogP contribution in [0.25, 0.3) is 10.9 Å². The van der Waals surface area contributed by atoms with Crippen LogP contribution >= 0.6 is 0 Å². The molecule has 1 aromatic heterocycles. The lowest BCUT2D eigenvalue weighted by atomic mass is 10.1. The standard InChI is InChI=1S/C16H24N2O/c1-13(2)12-18-9-7-15-14(5-4-6-16(15)18)11-17-8-10-19-3/h4-7,9,13,17H,8,10-12H2,1-3H3. The van der Waals surface area contributed by atoms with Gasteiger partial charge in [-0.25, -0.2) is 0 Å². The van der Waals surface area contributed by atoms with Gasteiger partial charge in [0.2, 0.25) is 0 Å². The van der Waals surface area contributed by atoms with Crippen molar-refractivity contribution < 1.29 is 4.74 Å². The molecule has 0 radical (unpaired) electrons. The number of methoxy groups -OCH3 is 1. The van der Waals surface area contributed by atoms with Gasteiger partial charge in [0, 0.05) is 43.8 Å². The lowest BCUT2D eigenvalue weighted by Crippen LogP contribution is -2.18. The molecule has 0 spiro atoms. The van der Waals surface area contributed by atoms with E-state index >= 15 is 0 Å². The third kappa shape index (κ3) is 3.58. The minimum absolute atomic E-state index is 0.666. The molecule has 0 aliphatic carbocycles. The molecule has 0 atom stereocenters. The van der Waals surface area contributed by atoms with Crippen molar-refractivity contribution in [1.29, 1.82) is 0 Å². The molecule has 1 aromatic carbocycles.